The van der Waals surface area contributed by atoms with E-state index in [1.165, 1.54) is 12.1 Å². The van der Waals surface area contributed by atoms with Crippen molar-refractivity contribution in [2.75, 3.05) is 5.32 Å². The van der Waals surface area contributed by atoms with E-state index in [1.54, 1.807) is 6.07 Å². The van der Waals surface area contributed by atoms with Gasteiger partial charge in [0.2, 0.25) is 5.91 Å². The molecule has 1 fully saturated rings. The fourth-order valence-electron chi connectivity index (χ4n) is 4.89. The van der Waals surface area contributed by atoms with Crippen LogP contribution in [0.3, 0.4) is 0 Å². The van der Waals surface area contributed by atoms with E-state index in [9.17, 15) is 14.0 Å². The Morgan fingerprint density at radius 2 is 2.00 bits per heavy atom. The number of aromatic nitrogens is 4. The van der Waals surface area contributed by atoms with Crippen LogP contribution in [0, 0.1) is 25.6 Å². The van der Waals surface area contributed by atoms with Crippen LogP contribution in [0.25, 0.3) is 11.1 Å². The summed E-state index contributed by atoms with van der Waals surface area (Å²) in [7, 11) is 0. The zero-order valence-electron chi connectivity index (χ0n) is 17.6. The third kappa shape index (κ3) is 3.61. The lowest BCUT2D eigenvalue weighted by molar-refractivity contribution is -0.121. The highest BCUT2D eigenvalue weighted by Gasteiger charge is 2.38. The van der Waals surface area contributed by atoms with Crippen LogP contribution in [-0.4, -0.2) is 32.3 Å². The molecule has 8 nitrogen and oxygen atoms in total. The van der Waals surface area contributed by atoms with Gasteiger partial charge in [-0.25, -0.2) is 9.49 Å². The molecule has 1 aromatic carbocycles. The molecule has 0 spiro atoms. The molecule has 32 heavy (non-hydrogen) atoms. The smallest absolute Gasteiger partial charge is 0.264 e. The Hall–Kier alpha value is -3.04. The summed E-state index contributed by atoms with van der Waals surface area (Å²) in [4.78, 5) is 24.6. The van der Waals surface area contributed by atoms with Gasteiger partial charge in [-0.15, -0.1) is 0 Å². The number of benzene rings is 1. The van der Waals surface area contributed by atoms with Crippen LogP contribution < -0.4 is 16.2 Å². The molecule has 2 bridgehead atoms. The van der Waals surface area contributed by atoms with Crippen LogP contribution in [0.1, 0.15) is 41.5 Å². The van der Waals surface area contributed by atoms with Gasteiger partial charge in [0.05, 0.1) is 28.1 Å². The lowest BCUT2D eigenvalue weighted by atomic mass is 9.79. The van der Waals surface area contributed by atoms with Crippen LogP contribution in [-0.2, 0) is 11.2 Å². The Kier molecular flexibility index (Phi) is 5.10. The summed E-state index contributed by atoms with van der Waals surface area (Å²) in [5.41, 5.74) is 4.29. The van der Waals surface area contributed by atoms with Gasteiger partial charge in [0.1, 0.15) is 5.82 Å². The van der Waals surface area contributed by atoms with Crippen molar-refractivity contribution in [1.82, 2.24) is 25.7 Å². The van der Waals surface area contributed by atoms with E-state index in [4.69, 9.17) is 11.6 Å². The molecule has 0 radical (unpaired) electrons. The molecule has 3 aromatic rings. The second-order valence-electron chi connectivity index (χ2n) is 8.54. The van der Waals surface area contributed by atoms with Gasteiger partial charge in [-0.2, -0.15) is 10.2 Å². The van der Waals surface area contributed by atoms with Gasteiger partial charge in [0, 0.05) is 34.8 Å². The molecule has 3 atom stereocenters. The Morgan fingerprint density at radius 3 is 2.75 bits per heavy atom. The number of aryl methyl sites for hydroxylation is 2. The molecule has 2 aliphatic heterocycles. The monoisotopic (exact) mass is 456 g/mol. The van der Waals surface area contributed by atoms with Gasteiger partial charge in [-0.05, 0) is 50.8 Å². The SMILES string of the molecule is Cc1n[nH]c(C)c1-c1cc(F)c(NC(=O)C2CC3Cc4cc(=O)[nH]nc4[C@H](C2)N3)cc1Cl. The van der Waals surface area contributed by atoms with Gasteiger partial charge in [-0.3, -0.25) is 14.7 Å². The molecule has 2 aliphatic rings. The van der Waals surface area contributed by atoms with Crippen molar-refractivity contribution in [3.63, 3.8) is 0 Å². The van der Waals surface area contributed by atoms with Crippen molar-refractivity contribution in [2.45, 2.75) is 45.2 Å². The fraction of sp³-hybridized carbons (Fsp3) is 0.364. The summed E-state index contributed by atoms with van der Waals surface area (Å²) in [6.07, 6.45) is 1.73. The van der Waals surface area contributed by atoms with Crippen LogP contribution in [0.4, 0.5) is 10.1 Å². The Morgan fingerprint density at radius 1 is 1.19 bits per heavy atom. The number of hydrogen-bond donors (Lipinski definition) is 4. The minimum Gasteiger partial charge on any atom is -0.323 e. The molecule has 2 aromatic heterocycles. The first-order valence-electron chi connectivity index (χ1n) is 10.5. The van der Waals surface area contributed by atoms with Crippen LogP contribution in [0.2, 0.25) is 5.02 Å². The van der Waals surface area contributed by atoms with Crippen LogP contribution >= 0.6 is 11.6 Å². The van der Waals surface area contributed by atoms with Crippen molar-refractivity contribution in [1.29, 1.82) is 0 Å². The predicted octanol–water partition coefficient (Wildman–Crippen LogP) is 3.17. The molecule has 1 amide bonds. The van der Waals surface area contributed by atoms with Gasteiger partial charge in [0.15, 0.2) is 0 Å². The van der Waals surface area contributed by atoms with Crippen molar-refractivity contribution in [2.24, 2.45) is 5.92 Å². The van der Waals surface area contributed by atoms with E-state index in [0.29, 0.717) is 29.8 Å². The first-order valence-corrected chi connectivity index (χ1v) is 10.8. The highest BCUT2D eigenvalue weighted by atomic mass is 35.5. The Balaban J connectivity index is 1.36. The number of fused-ring (bicyclic) bond motifs is 4. The number of nitrogens with one attached hydrogen (secondary N) is 4. The summed E-state index contributed by atoms with van der Waals surface area (Å²) in [6.45, 7) is 3.66. The maximum absolute atomic E-state index is 14.9. The third-order valence-electron chi connectivity index (χ3n) is 6.33. The number of carbonyl (C=O) groups is 1. The molecular formula is C22H22ClFN6O2. The van der Waals surface area contributed by atoms with E-state index in [2.05, 4.69) is 31.0 Å². The fourth-order valence-corrected chi connectivity index (χ4v) is 5.15. The zero-order chi connectivity index (χ0) is 22.6. The summed E-state index contributed by atoms with van der Waals surface area (Å²) < 4.78 is 14.9. The van der Waals surface area contributed by atoms with E-state index in [-0.39, 0.29) is 35.2 Å². The van der Waals surface area contributed by atoms with E-state index < -0.39 is 5.82 Å². The highest BCUT2D eigenvalue weighted by molar-refractivity contribution is 6.33. The minimum atomic E-state index is -0.559. The number of aromatic amines is 2. The van der Waals surface area contributed by atoms with Crippen molar-refractivity contribution < 1.29 is 9.18 Å². The number of nitrogens with zero attached hydrogens (tertiary/aromatic N) is 2. The van der Waals surface area contributed by atoms with Crippen LogP contribution in [0.5, 0.6) is 0 Å². The number of H-pyrrole nitrogens is 2. The van der Waals surface area contributed by atoms with Crippen molar-refractivity contribution >= 4 is 23.2 Å². The average Bonchev–Trinajstić information content (AvgIpc) is 3.08. The molecule has 166 valence electrons. The number of anilines is 1. The first-order chi connectivity index (χ1) is 15.3. The Labute approximate surface area is 188 Å². The van der Waals surface area contributed by atoms with Gasteiger partial charge in [0.25, 0.3) is 5.56 Å². The lowest BCUT2D eigenvalue weighted by Gasteiger charge is -2.39. The molecule has 0 aliphatic carbocycles. The summed E-state index contributed by atoms with van der Waals surface area (Å²) in [6, 6.07) is 4.28. The van der Waals surface area contributed by atoms with E-state index >= 15 is 0 Å². The third-order valence-corrected chi connectivity index (χ3v) is 6.64. The number of rotatable bonds is 3. The number of hydrogen-bond acceptors (Lipinski definition) is 5. The molecule has 2 unspecified atom stereocenters. The van der Waals surface area contributed by atoms with E-state index in [0.717, 1.165) is 28.2 Å². The maximum atomic E-state index is 14.9. The zero-order valence-corrected chi connectivity index (χ0v) is 18.3. The molecule has 0 saturated carbocycles. The molecule has 4 heterocycles. The number of piperidine rings is 1. The predicted molar refractivity (Wildman–Crippen MR) is 118 cm³/mol. The number of halogens is 2. The quantitative estimate of drug-likeness (QED) is 0.483. The summed E-state index contributed by atoms with van der Waals surface area (Å²) >= 11 is 6.45. The first kappa shape index (κ1) is 20.8. The second-order valence-corrected chi connectivity index (χ2v) is 8.95. The Bertz CT molecular complexity index is 1270. The normalized spacial score (nSPS) is 21.8. The maximum Gasteiger partial charge on any atom is 0.264 e. The second kappa shape index (κ2) is 7.83. The van der Waals surface area contributed by atoms with Crippen LogP contribution in [0.15, 0.2) is 23.0 Å². The van der Waals surface area contributed by atoms with Gasteiger partial charge >= 0.3 is 0 Å². The molecule has 10 heteroatoms. The number of carbonyl (C=O) groups excluding carboxylic acids is 1. The number of amides is 1. The average molecular weight is 457 g/mol. The van der Waals surface area contributed by atoms with E-state index in [1.807, 2.05) is 13.8 Å². The topological polar surface area (TPSA) is 116 Å². The standard InChI is InChI=1S/C22H22ClFN6O2/c1-9-20(10(2)28-27-9)14-7-16(24)17(8-15(14)23)26-22(32)12-4-13-3-11-6-19(31)29-30-21(11)18(5-12)25-13/h6-8,12-13,18,25H,3-5H2,1-2H3,(H,26,32)(H,27,28)(H,29,31)/t12?,13?,18-/m0/s1. The summed E-state index contributed by atoms with van der Waals surface area (Å²) in [5, 5.41) is 20.2. The van der Waals surface area contributed by atoms with Gasteiger partial charge < -0.3 is 10.6 Å². The minimum absolute atomic E-state index is 0.0501. The molecule has 4 N–H and O–H groups in total. The largest absolute Gasteiger partial charge is 0.323 e. The molecule has 5 rings (SSSR count). The summed E-state index contributed by atoms with van der Waals surface area (Å²) in [5.74, 6) is -1.13. The van der Waals surface area contributed by atoms with Crippen molar-refractivity contribution in [3.05, 3.63) is 62.0 Å². The molecular weight excluding hydrogens is 435 g/mol. The molecule has 1 saturated heterocycles. The highest BCUT2D eigenvalue weighted by Crippen LogP contribution is 2.38. The lowest BCUT2D eigenvalue weighted by Crippen LogP contribution is -2.49. The van der Waals surface area contributed by atoms with Crippen molar-refractivity contribution in [3.8, 4) is 11.1 Å². The van der Waals surface area contributed by atoms with Gasteiger partial charge in [-0.1, -0.05) is 11.6 Å².